The summed E-state index contributed by atoms with van der Waals surface area (Å²) < 4.78 is 15.0. The molecule has 2 aromatic heterocycles. The van der Waals surface area contributed by atoms with E-state index in [1.807, 2.05) is 0 Å². The second-order valence-electron chi connectivity index (χ2n) is 5.53. The number of amides is 1. The Kier molecular flexibility index (Phi) is 3.31. The Hall–Kier alpha value is -3.55. The van der Waals surface area contributed by atoms with Crippen molar-refractivity contribution in [2.75, 3.05) is 5.32 Å². The maximum absolute atomic E-state index is 13.3. The molecular weight excluding hydrogens is 325 g/mol. The van der Waals surface area contributed by atoms with E-state index in [1.54, 1.807) is 41.9 Å². The van der Waals surface area contributed by atoms with Crippen LogP contribution < -0.4 is 10.9 Å². The molecule has 0 aliphatic rings. The zero-order chi connectivity index (χ0) is 17.6. The van der Waals surface area contributed by atoms with Gasteiger partial charge in [-0.15, -0.1) is 0 Å². The lowest BCUT2D eigenvalue weighted by Gasteiger charge is -2.06. The van der Waals surface area contributed by atoms with Crippen LogP contribution >= 0.6 is 0 Å². The first-order valence-corrected chi connectivity index (χ1v) is 7.45. The Bertz CT molecular complexity index is 1190. The lowest BCUT2D eigenvalue weighted by Crippen LogP contribution is -2.20. The van der Waals surface area contributed by atoms with E-state index in [4.69, 9.17) is 0 Å². The van der Waals surface area contributed by atoms with E-state index in [-0.39, 0.29) is 17.2 Å². The van der Waals surface area contributed by atoms with Gasteiger partial charge in [0.15, 0.2) is 5.69 Å². The predicted molar refractivity (Wildman–Crippen MR) is 91.0 cm³/mol. The Labute approximate surface area is 140 Å². The largest absolute Gasteiger partial charge is 0.313 e. The lowest BCUT2D eigenvalue weighted by molar-refractivity contribution is 0.102. The standard InChI is InChI=1S/C17H12FN5O2/c1-23-13-7-6-9(18)8-12(13)19-17(23)20-16(25)14-10-4-2-3-5-11(10)15(24)22-21-14/h2-8H,1H3,(H,22,24)(H,19,20,25). The number of rotatable bonds is 2. The summed E-state index contributed by atoms with van der Waals surface area (Å²) in [6, 6.07) is 10.9. The quantitative estimate of drug-likeness (QED) is 0.586. The molecule has 2 heterocycles. The van der Waals surface area contributed by atoms with Crippen molar-refractivity contribution < 1.29 is 9.18 Å². The molecule has 0 saturated carbocycles. The highest BCUT2D eigenvalue weighted by molar-refractivity contribution is 6.10. The highest BCUT2D eigenvalue weighted by Gasteiger charge is 2.17. The number of anilines is 1. The van der Waals surface area contributed by atoms with Gasteiger partial charge in [0.2, 0.25) is 5.95 Å². The molecule has 0 atom stereocenters. The van der Waals surface area contributed by atoms with Gasteiger partial charge in [-0.25, -0.2) is 14.5 Å². The Morgan fingerprint density at radius 1 is 1.20 bits per heavy atom. The van der Waals surface area contributed by atoms with Gasteiger partial charge in [0, 0.05) is 18.5 Å². The van der Waals surface area contributed by atoms with Gasteiger partial charge in [-0.2, -0.15) is 5.10 Å². The Morgan fingerprint density at radius 3 is 2.76 bits per heavy atom. The van der Waals surface area contributed by atoms with Crippen LogP contribution in [0, 0.1) is 5.82 Å². The first-order valence-electron chi connectivity index (χ1n) is 7.45. The minimum atomic E-state index is -0.522. The number of benzene rings is 2. The predicted octanol–water partition coefficient (Wildman–Crippen LogP) is 2.20. The summed E-state index contributed by atoms with van der Waals surface area (Å²) in [5, 5.41) is 9.63. The number of imidazole rings is 1. The van der Waals surface area contributed by atoms with Crippen molar-refractivity contribution in [2.45, 2.75) is 0 Å². The molecule has 8 heteroatoms. The molecule has 2 N–H and O–H groups in total. The van der Waals surface area contributed by atoms with Crippen molar-refractivity contribution >= 4 is 33.7 Å². The maximum atomic E-state index is 13.3. The Balaban J connectivity index is 1.77. The molecule has 4 aromatic rings. The number of fused-ring (bicyclic) bond motifs is 2. The van der Waals surface area contributed by atoms with Crippen LogP contribution in [0.1, 0.15) is 10.5 Å². The van der Waals surface area contributed by atoms with Crippen LogP contribution in [0.2, 0.25) is 0 Å². The molecule has 2 aromatic carbocycles. The molecule has 0 unspecified atom stereocenters. The number of H-pyrrole nitrogens is 1. The van der Waals surface area contributed by atoms with E-state index in [1.165, 1.54) is 12.1 Å². The number of aromatic nitrogens is 4. The lowest BCUT2D eigenvalue weighted by atomic mass is 10.1. The van der Waals surface area contributed by atoms with Gasteiger partial charge in [0.25, 0.3) is 11.5 Å². The Morgan fingerprint density at radius 2 is 1.96 bits per heavy atom. The third-order valence-electron chi connectivity index (χ3n) is 3.98. The first-order chi connectivity index (χ1) is 12.0. The molecule has 0 saturated heterocycles. The van der Waals surface area contributed by atoms with Crippen molar-refractivity contribution in [1.82, 2.24) is 19.7 Å². The fraction of sp³-hybridized carbons (Fsp3) is 0.0588. The van der Waals surface area contributed by atoms with Crippen LogP contribution in [0.4, 0.5) is 10.3 Å². The van der Waals surface area contributed by atoms with E-state index in [2.05, 4.69) is 20.5 Å². The molecule has 4 rings (SSSR count). The number of nitrogens with one attached hydrogen (secondary N) is 2. The van der Waals surface area contributed by atoms with E-state index in [0.29, 0.717) is 21.8 Å². The smallest absolute Gasteiger partial charge is 0.279 e. The minimum Gasteiger partial charge on any atom is -0.313 e. The summed E-state index contributed by atoms with van der Waals surface area (Å²) >= 11 is 0. The van der Waals surface area contributed by atoms with E-state index in [0.717, 1.165) is 0 Å². The minimum absolute atomic E-state index is 0.0773. The van der Waals surface area contributed by atoms with Crippen molar-refractivity contribution in [3.8, 4) is 0 Å². The number of carbonyl (C=O) groups is 1. The molecule has 0 aliphatic carbocycles. The number of aromatic amines is 1. The third kappa shape index (κ3) is 2.44. The molecule has 0 radical (unpaired) electrons. The van der Waals surface area contributed by atoms with Gasteiger partial charge in [-0.05, 0) is 18.2 Å². The van der Waals surface area contributed by atoms with Crippen LogP contribution in [-0.2, 0) is 7.05 Å². The van der Waals surface area contributed by atoms with E-state index >= 15 is 0 Å². The molecule has 25 heavy (non-hydrogen) atoms. The summed E-state index contributed by atoms with van der Waals surface area (Å²) in [4.78, 5) is 28.7. The van der Waals surface area contributed by atoms with E-state index in [9.17, 15) is 14.0 Å². The van der Waals surface area contributed by atoms with Crippen LogP contribution in [-0.4, -0.2) is 25.7 Å². The van der Waals surface area contributed by atoms with Crippen LogP contribution in [0.3, 0.4) is 0 Å². The van der Waals surface area contributed by atoms with Gasteiger partial charge in [-0.1, -0.05) is 18.2 Å². The number of nitrogens with zero attached hydrogens (tertiary/aromatic N) is 3. The average Bonchev–Trinajstić information content (AvgIpc) is 2.90. The number of halogens is 1. The molecule has 0 fully saturated rings. The van der Waals surface area contributed by atoms with E-state index < -0.39 is 11.7 Å². The first kappa shape index (κ1) is 15.0. The molecule has 124 valence electrons. The van der Waals surface area contributed by atoms with Crippen molar-refractivity contribution in [1.29, 1.82) is 0 Å². The third-order valence-corrected chi connectivity index (χ3v) is 3.98. The molecular formula is C17H12FN5O2. The SMILES string of the molecule is Cn1c(NC(=O)c2n[nH]c(=O)c3ccccc23)nc2cc(F)ccc21. The average molecular weight is 337 g/mol. The summed E-state index contributed by atoms with van der Waals surface area (Å²) in [7, 11) is 1.71. The van der Waals surface area contributed by atoms with Gasteiger partial charge < -0.3 is 4.57 Å². The van der Waals surface area contributed by atoms with Gasteiger partial charge in [-0.3, -0.25) is 14.9 Å². The zero-order valence-electron chi connectivity index (χ0n) is 13.1. The normalized spacial score (nSPS) is 11.1. The second-order valence-corrected chi connectivity index (χ2v) is 5.53. The van der Waals surface area contributed by atoms with Crippen LogP contribution in [0.15, 0.2) is 47.3 Å². The summed E-state index contributed by atoms with van der Waals surface area (Å²) in [5.41, 5.74) is 0.812. The zero-order valence-corrected chi connectivity index (χ0v) is 13.1. The van der Waals surface area contributed by atoms with Gasteiger partial charge >= 0.3 is 0 Å². The van der Waals surface area contributed by atoms with Crippen molar-refractivity contribution in [2.24, 2.45) is 7.05 Å². The monoisotopic (exact) mass is 337 g/mol. The number of hydrogen-bond donors (Lipinski definition) is 2. The summed E-state index contributed by atoms with van der Waals surface area (Å²) in [6.45, 7) is 0. The van der Waals surface area contributed by atoms with Crippen LogP contribution in [0.5, 0.6) is 0 Å². The highest BCUT2D eigenvalue weighted by atomic mass is 19.1. The molecule has 1 amide bonds. The summed E-state index contributed by atoms with van der Waals surface area (Å²) in [5.74, 6) is -0.675. The molecule has 0 bridgehead atoms. The highest BCUT2D eigenvalue weighted by Crippen LogP contribution is 2.20. The van der Waals surface area contributed by atoms with Gasteiger partial charge in [0.05, 0.1) is 16.4 Å². The molecule has 7 nitrogen and oxygen atoms in total. The fourth-order valence-electron chi connectivity index (χ4n) is 2.73. The summed E-state index contributed by atoms with van der Waals surface area (Å²) in [6.07, 6.45) is 0. The van der Waals surface area contributed by atoms with Gasteiger partial charge in [0.1, 0.15) is 5.82 Å². The van der Waals surface area contributed by atoms with Crippen LogP contribution in [0.25, 0.3) is 21.8 Å². The number of carbonyl (C=O) groups excluding carboxylic acids is 1. The molecule has 0 aliphatic heterocycles. The number of aryl methyl sites for hydroxylation is 1. The number of hydrogen-bond acceptors (Lipinski definition) is 4. The topological polar surface area (TPSA) is 92.7 Å². The van der Waals surface area contributed by atoms with Crippen molar-refractivity contribution in [3.63, 3.8) is 0 Å². The second kappa shape index (κ2) is 5.52. The molecule has 0 spiro atoms. The van der Waals surface area contributed by atoms with Crippen molar-refractivity contribution in [3.05, 3.63) is 64.3 Å². The maximum Gasteiger partial charge on any atom is 0.279 e. The fourth-order valence-corrected chi connectivity index (χ4v) is 2.73.